The van der Waals surface area contributed by atoms with Crippen molar-refractivity contribution in [3.63, 3.8) is 0 Å². The fourth-order valence-corrected chi connectivity index (χ4v) is 3.47. The van der Waals surface area contributed by atoms with E-state index in [1.165, 1.54) is 0 Å². The molecule has 0 unspecified atom stereocenters. The average Bonchev–Trinajstić information content (AvgIpc) is 2.60. The number of rotatable bonds is 6. The molecule has 0 aliphatic carbocycles. The largest absolute Gasteiger partial charge is 0.480 e. The van der Waals surface area contributed by atoms with E-state index in [1.807, 2.05) is 6.92 Å². The third-order valence-corrected chi connectivity index (χ3v) is 4.84. The molecule has 2 N–H and O–H groups in total. The van der Waals surface area contributed by atoms with Gasteiger partial charge >= 0.3 is 5.97 Å². The predicted molar refractivity (Wildman–Crippen MR) is 87.3 cm³/mol. The summed E-state index contributed by atoms with van der Waals surface area (Å²) in [5.74, 6) is -1.73. The summed E-state index contributed by atoms with van der Waals surface area (Å²) in [5, 5.41) is 12.1. The Kier molecular flexibility index (Phi) is 7.02. The summed E-state index contributed by atoms with van der Waals surface area (Å²) in [6.07, 6.45) is 4.30. The van der Waals surface area contributed by atoms with Gasteiger partial charge < -0.3 is 20.1 Å². The van der Waals surface area contributed by atoms with Gasteiger partial charge in [0.05, 0.1) is 12.5 Å². The van der Waals surface area contributed by atoms with Gasteiger partial charge in [0.15, 0.2) is 0 Å². The molecule has 2 heterocycles. The van der Waals surface area contributed by atoms with E-state index in [0.717, 1.165) is 25.7 Å². The van der Waals surface area contributed by atoms with Crippen LogP contribution in [0.2, 0.25) is 0 Å². The lowest BCUT2D eigenvalue weighted by atomic mass is 9.91. The van der Waals surface area contributed by atoms with Crippen molar-refractivity contribution in [2.24, 2.45) is 11.8 Å². The lowest BCUT2D eigenvalue weighted by molar-refractivity contribution is -0.146. The third-order valence-electron chi connectivity index (χ3n) is 4.84. The van der Waals surface area contributed by atoms with E-state index in [4.69, 9.17) is 4.74 Å². The number of likely N-dealkylation sites (tertiary alicyclic amines) is 1. The molecule has 0 saturated carbocycles. The number of carbonyl (C=O) groups is 3. The van der Waals surface area contributed by atoms with Gasteiger partial charge in [-0.15, -0.1) is 0 Å². The Balaban J connectivity index is 1.93. The number of hydrogen-bond donors (Lipinski definition) is 2. The van der Waals surface area contributed by atoms with Gasteiger partial charge in [-0.1, -0.05) is 6.92 Å². The SMILES string of the molecule is CCCC(=O)N1CCC[C@H](C(=O)N[C@@H](C(=O)O)[C@H]2CCCOC2)C1. The first-order valence-corrected chi connectivity index (χ1v) is 8.91. The van der Waals surface area contributed by atoms with Gasteiger partial charge in [0, 0.05) is 32.0 Å². The molecule has 7 nitrogen and oxygen atoms in total. The van der Waals surface area contributed by atoms with Crippen molar-refractivity contribution in [3.05, 3.63) is 0 Å². The van der Waals surface area contributed by atoms with E-state index < -0.39 is 12.0 Å². The Morgan fingerprint density at radius 3 is 2.71 bits per heavy atom. The zero-order valence-electron chi connectivity index (χ0n) is 14.3. The monoisotopic (exact) mass is 340 g/mol. The quantitative estimate of drug-likeness (QED) is 0.753. The van der Waals surface area contributed by atoms with Crippen LogP contribution in [0.25, 0.3) is 0 Å². The Labute approximate surface area is 142 Å². The van der Waals surface area contributed by atoms with Crippen LogP contribution in [0.15, 0.2) is 0 Å². The molecular formula is C17H28N2O5. The van der Waals surface area contributed by atoms with Crippen molar-refractivity contribution in [1.82, 2.24) is 10.2 Å². The summed E-state index contributed by atoms with van der Waals surface area (Å²) in [7, 11) is 0. The van der Waals surface area contributed by atoms with E-state index in [-0.39, 0.29) is 23.7 Å². The van der Waals surface area contributed by atoms with Gasteiger partial charge in [0.25, 0.3) is 0 Å². The molecular weight excluding hydrogens is 312 g/mol. The van der Waals surface area contributed by atoms with Gasteiger partial charge in [-0.2, -0.15) is 0 Å². The number of piperidine rings is 1. The molecule has 0 aromatic heterocycles. The molecule has 2 saturated heterocycles. The molecule has 0 radical (unpaired) electrons. The fraction of sp³-hybridized carbons (Fsp3) is 0.824. The number of carboxylic acid groups (broad SMARTS) is 1. The summed E-state index contributed by atoms with van der Waals surface area (Å²) in [5.41, 5.74) is 0. The number of nitrogens with one attached hydrogen (secondary N) is 1. The van der Waals surface area contributed by atoms with Crippen molar-refractivity contribution in [2.45, 2.75) is 51.5 Å². The van der Waals surface area contributed by atoms with E-state index in [2.05, 4.69) is 5.32 Å². The number of nitrogens with zero attached hydrogens (tertiary/aromatic N) is 1. The summed E-state index contributed by atoms with van der Waals surface area (Å²) in [4.78, 5) is 37.8. The van der Waals surface area contributed by atoms with Crippen LogP contribution in [0.1, 0.15) is 45.4 Å². The highest BCUT2D eigenvalue weighted by Gasteiger charge is 2.35. The minimum absolute atomic E-state index is 0.0745. The van der Waals surface area contributed by atoms with Crippen molar-refractivity contribution in [1.29, 1.82) is 0 Å². The minimum atomic E-state index is -1.02. The average molecular weight is 340 g/mol. The topological polar surface area (TPSA) is 95.9 Å². The minimum Gasteiger partial charge on any atom is -0.480 e. The maximum atomic E-state index is 12.5. The molecule has 2 rings (SSSR count). The summed E-state index contributed by atoms with van der Waals surface area (Å²) in [6.45, 7) is 4.03. The lowest BCUT2D eigenvalue weighted by Gasteiger charge is -2.34. The highest BCUT2D eigenvalue weighted by atomic mass is 16.5. The van der Waals surface area contributed by atoms with Crippen molar-refractivity contribution >= 4 is 17.8 Å². The van der Waals surface area contributed by atoms with E-state index in [1.54, 1.807) is 4.90 Å². The molecule has 136 valence electrons. The number of carboxylic acids is 1. The van der Waals surface area contributed by atoms with Crippen LogP contribution < -0.4 is 5.32 Å². The van der Waals surface area contributed by atoms with E-state index in [0.29, 0.717) is 39.1 Å². The van der Waals surface area contributed by atoms with Crippen LogP contribution in [0.4, 0.5) is 0 Å². The highest BCUT2D eigenvalue weighted by Crippen LogP contribution is 2.21. The van der Waals surface area contributed by atoms with Crippen molar-refractivity contribution < 1.29 is 24.2 Å². The molecule has 2 aliphatic heterocycles. The third kappa shape index (κ3) is 4.93. The van der Waals surface area contributed by atoms with Crippen LogP contribution in [0.5, 0.6) is 0 Å². The molecule has 2 fully saturated rings. The van der Waals surface area contributed by atoms with Crippen LogP contribution in [0.3, 0.4) is 0 Å². The van der Waals surface area contributed by atoms with Gasteiger partial charge in [-0.3, -0.25) is 9.59 Å². The molecule has 24 heavy (non-hydrogen) atoms. The smallest absolute Gasteiger partial charge is 0.326 e. The first kappa shape index (κ1) is 18.7. The molecule has 0 bridgehead atoms. The van der Waals surface area contributed by atoms with E-state index >= 15 is 0 Å². The first-order valence-electron chi connectivity index (χ1n) is 8.91. The second-order valence-electron chi connectivity index (χ2n) is 6.73. The number of aliphatic carboxylic acids is 1. The second-order valence-corrected chi connectivity index (χ2v) is 6.73. The Bertz CT molecular complexity index is 462. The maximum absolute atomic E-state index is 12.5. The number of hydrogen-bond acceptors (Lipinski definition) is 4. The van der Waals surface area contributed by atoms with E-state index in [9.17, 15) is 19.5 Å². The summed E-state index contributed by atoms with van der Waals surface area (Å²) in [6, 6.07) is -0.917. The predicted octanol–water partition coefficient (Wildman–Crippen LogP) is 1.02. The Hall–Kier alpha value is -1.63. The molecule has 0 spiro atoms. The van der Waals surface area contributed by atoms with Crippen LogP contribution in [0, 0.1) is 11.8 Å². The molecule has 3 atom stereocenters. The summed E-state index contributed by atoms with van der Waals surface area (Å²) < 4.78 is 5.35. The number of amides is 2. The van der Waals surface area contributed by atoms with Crippen LogP contribution >= 0.6 is 0 Å². The molecule has 0 aromatic rings. The van der Waals surface area contributed by atoms with Gasteiger partial charge in [-0.05, 0) is 32.1 Å². The van der Waals surface area contributed by atoms with Crippen molar-refractivity contribution in [2.75, 3.05) is 26.3 Å². The zero-order chi connectivity index (χ0) is 17.5. The van der Waals surface area contributed by atoms with Crippen LogP contribution in [-0.4, -0.2) is 60.1 Å². The molecule has 0 aromatic carbocycles. The molecule has 2 aliphatic rings. The van der Waals surface area contributed by atoms with Gasteiger partial charge in [-0.25, -0.2) is 4.79 Å². The van der Waals surface area contributed by atoms with Crippen molar-refractivity contribution in [3.8, 4) is 0 Å². The maximum Gasteiger partial charge on any atom is 0.326 e. The Morgan fingerprint density at radius 1 is 1.29 bits per heavy atom. The van der Waals surface area contributed by atoms with Gasteiger partial charge in [0.2, 0.25) is 11.8 Å². The second kappa shape index (κ2) is 9.01. The number of carbonyl (C=O) groups excluding carboxylic acids is 2. The fourth-order valence-electron chi connectivity index (χ4n) is 3.47. The normalized spacial score (nSPS) is 25.8. The number of ether oxygens (including phenoxy) is 1. The van der Waals surface area contributed by atoms with Gasteiger partial charge in [0.1, 0.15) is 6.04 Å². The summed E-state index contributed by atoms with van der Waals surface area (Å²) >= 11 is 0. The lowest BCUT2D eigenvalue weighted by Crippen LogP contribution is -2.52. The Morgan fingerprint density at radius 2 is 2.08 bits per heavy atom. The van der Waals surface area contributed by atoms with Crippen LogP contribution in [-0.2, 0) is 19.1 Å². The highest BCUT2D eigenvalue weighted by molar-refractivity contribution is 5.86. The first-order chi connectivity index (χ1) is 11.5. The standard InChI is InChI=1S/C17H28N2O5/c1-2-5-14(20)19-8-3-6-12(10-19)16(21)18-15(17(22)23)13-7-4-9-24-11-13/h12-13,15H,2-11H2,1H3,(H,18,21)(H,22,23)/t12-,13-,15+/m0/s1. The zero-order valence-corrected chi connectivity index (χ0v) is 14.3. The molecule has 2 amide bonds. The molecule has 7 heteroatoms.